The van der Waals surface area contributed by atoms with Crippen molar-refractivity contribution >= 4 is 17.9 Å². The van der Waals surface area contributed by atoms with Crippen LogP contribution in [0.2, 0.25) is 5.02 Å². The lowest BCUT2D eigenvalue weighted by Crippen LogP contribution is -2.17. The molecule has 1 N–H and O–H groups in total. The molecule has 0 amide bonds. The maximum Gasteiger partial charge on any atom is 0.153 e. The van der Waals surface area contributed by atoms with Crippen LogP contribution < -0.4 is 10.1 Å². The van der Waals surface area contributed by atoms with Gasteiger partial charge < -0.3 is 10.1 Å². The lowest BCUT2D eigenvalue weighted by atomic mass is 9.98. The van der Waals surface area contributed by atoms with Crippen molar-refractivity contribution in [2.75, 3.05) is 20.2 Å². The Bertz CT molecular complexity index is 755. The van der Waals surface area contributed by atoms with E-state index in [2.05, 4.69) is 22.4 Å². The molecule has 0 bridgehead atoms. The number of nitrogens with zero attached hydrogens (tertiary/aromatic N) is 1. The number of benzene rings is 1. The molecule has 5 heteroatoms. The smallest absolute Gasteiger partial charge is 0.153 e. The highest BCUT2D eigenvalue weighted by Crippen LogP contribution is 2.39. The molecule has 0 aliphatic heterocycles. The Labute approximate surface area is 153 Å². The fourth-order valence-corrected chi connectivity index (χ4v) is 3.14. The fraction of sp³-hybridized carbons (Fsp3) is 0.400. The van der Waals surface area contributed by atoms with Crippen molar-refractivity contribution < 1.29 is 9.53 Å². The Balaban J connectivity index is 1.82. The van der Waals surface area contributed by atoms with E-state index in [-0.39, 0.29) is 0 Å². The van der Waals surface area contributed by atoms with Crippen LogP contribution in [0.15, 0.2) is 24.4 Å². The van der Waals surface area contributed by atoms with Gasteiger partial charge >= 0.3 is 0 Å². The normalized spacial score (nSPS) is 13.7. The van der Waals surface area contributed by atoms with E-state index in [1.165, 1.54) is 18.5 Å². The summed E-state index contributed by atoms with van der Waals surface area (Å²) in [5, 5.41) is 3.52. The summed E-state index contributed by atoms with van der Waals surface area (Å²) in [5.41, 5.74) is 4.75. The number of hydrogen-bond donors (Lipinski definition) is 1. The highest BCUT2D eigenvalue weighted by Gasteiger charge is 2.24. The first-order chi connectivity index (χ1) is 12.1. The molecular formula is C20H23ClN2O2. The summed E-state index contributed by atoms with van der Waals surface area (Å²) in [6.07, 6.45) is 5.93. The van der Waals surface area contributed by atoms with Crippen LogP contribution in [0.3, 0.4) is 0 Å². The van der Waals surface area contributed by atoms with E-state index in [0.29, 0.717) is 41.8 Å². The molecule has 1 aromatic heterocycles. The van der Waals surface area contributed by atoms with Crippen LogP contribution in [0.5, 0.6) is 5.75 Å². The molecule has 2 aromatic rings. The van der Waals surface area contributed by atoms with Crippen LogP contribution >= 0.6 is 11.6 Å². The van der Waals surface area contributed by atoms with Crippen molar-refractivity contribution in [3.05, 3.63) is 57.4 Å². The molecule has 0 unspecified atom stereocenters. The minimum Gasteiger partial charge on any atom is -0.490 e. The Morgan fingerprint density at radius 1 is 1.40 bits per heavy atom. The number of ether oxygens (including phenoxy) is 1. The van der Waals surface area contributed by atoms with Crippen molar-refractivity contribution in [1.82, 2.24) is 10.3 Å². The van der Waals surface area contributed by atoms with Crippen LogP contribution in [-0.4, -0.2) is 31.5 Å². The number of likely N-dealkylation sites (N-methyl/N-ethyl adjacent to an activating group) is 1. The van der Waals surface area contributed by atoms with Gasteiger partial charge in [0.2, 0.25) is 0 Å². The summed E-state index contributed by atoms with van der Waals surface area (Å²) in [6.45, 7) is 3.11. The molecule has 4 nitrogen and oxygen atoms in total. The summed E-state index contributed by atoms with van der Waals surface area (Å²) < 4.78 is 5.70. The topological polar surface area (TPSA) is 51.2 Å². The van der Waals surface area contributed by atoms with Crippen LogP contribution in [0, 0.1) is 6.92 Å². The molecule has 1 aliphatic rings. The summed E-state index contributed by atoms with van der Waals surface area (Å²) in [4.78, 5) is 16.1. The average Bonchev–Trinajstić information content (AvgIpc) is 3.46. The van der Waals surface area contributed by atoms with Crippen LogP contribution in [-0.2, 0) is 6.42 Å². The Hall–Kier alpha value is -1.91. The molecule has 0 atom stereocenters. The van der Waals surface area contributed by atoms with Gasteiger partial charge in [0.1, 0.15) is 12.4 Å². The number of aldehydes is 1. The van der Waals surface area contributed by atoms with Gasteiger partial charge in [-0.15, -0.1) is 0 Å². The Morgan fingerprint density at radius 2 is 2.20 bits per heavy atom. The second-order valence-electron chi connectivity index (χ2n) is 6.51. The van der Waals surface area contributed by atoms with E-state index in [4.69, 9.17) is 16.3 Å². The number of aromatic nitrogens is 1. The zero-order valence-electron chi connectivity index (χ0n) is 14.6. The molecule has 1 saturated carbocycles. The maximum atomic E-state index is 11.5. The molecule has 1 aromatic carbocycles. The molecule has 25 heavy (non-hydrogen) atoms. The van der Waals surface area contributed by atoms with E-state index in [0.717, 1.165) is 23.0 Å². The molecule has 132 valence electrons. The van der Waals surface area contributed by atoms with Crippen molar-refractivity contribution in [3.8, 4) is 5.75 Å². The SMILES string of the molecule is CNCCOc1c(C=O)cc(Cc2ccc(C3CC3)nc2)c(C)c1Cl. The van der Waals surface area contributed by atoms with Crippen molar-refractivity contribution in [1.29, 1.82) is 0 Å². The number of halogens is 1. The summed E-state index contributed by atoms with van der Waals surface area (Å²) in [7, 11) is 1.85. The minimum absolute atomic E-state index is 0.461. The van der Waals surface area contributed by atoms with Gasteiger partial charge in [0.25, 0.3) is 0 Å². The Morgan fingerprint density at radius 3 is 2.80 bits per heavy atom. The monoisotopic (exact) mass is 358 g/mol. The third kappa shape index (κ3) is 4.20. The van der Waals surface area contributed by atoms with Crippen molar-refractivity contribution in [3.63, 3.8) is 0 Å². The number of hydrogen-bond acceptors (Lipinski definition) is 4. The summed E-state index contributed by atoms with van der Waals surface area (Å²) in [6, 6.07) is 6.10. The molecule has 1 aliphatic carbocycles. The molecule has 0 saturated heterocycles. The van der Waals surface area contributed by atoms with Gasteiger partial charge in [-0.2, -0.15) is 0 Å². The lowest BCUT2D eigenvalue weighted by molar-refractivity contribution is 0.111. The highest BCUT2D eigenvalue weighted by atomic mass is 35.5. The predicted molar refractivity (Wildman–Crippen MR) is 100 cm³/mol. The largest absolute Gasteiger partial charge is 0.490 e. The van der Waals surface area contributed by atoms with Gasteiger partial charge in [0.15, 0.2) is 6.29 Å². The van der Waals surface area contributed by atoms with E-state index in [1.54, 1.807) is 0 Å². The number of nitrogens with one attached hydrogen (secondary N) is 1. The van der Waals surface area contributed by atoms with E-state index in [9.17, 15) is 4.79 Å². The average molecular weight is 359 g/mol. The fourth-order valence-electron chi connectivity index (χ4n) is 2.85. The number of rotatable bonds is 8. The quantitative estimate of drug-likeness (QED) is 0.574. The third-order valence-electron chi connectivity index (χ3n) is 4.57. The lowest BCUT2D eigenvalue weighted by Gasteiger charge is -2.16. The third-order valence-corrected chi connectivity index (χ3v) is 5.02. The first-order valence-corrected chi connectivity index (χ1v) is 9.01. The van der Waals surface area contributed by atoms with Gasteiger partial charge in [-0.05, 0) is 62.1 Å². The number of carbonyl (C=O) groups excluding carboxylic acids is 1. The number of pyridine rings is 1. The van der Waals surface area contributed by atoms with Gasteiger partial charge in [-0.25, -0.2) is 0 Å². The molecule has 0 radical (unpaired) electrons. The summed E-state index contributed by atoms with van der Waals surface area (Å²) in [5.74, 6) is 1.12. The van der Waals surface area contributed by atoms with Crippen molar-refractivity contribution in [2.45, 2.75) is 32.1 Å². The molecule has 0 spiro atoms. The highest BCUT2D eigenvalue weighted by molar-refractivity contribution is 6.33. The first kappa shape index (κ1) is 17.9. The van der Waals surface area contributed by atoms with E-state index < -0.39 is 0 Å². The van der Waals surface area contributed by atoms with Crippen LogP contribution in [0.4, 0.5) is 0 Å². The van der Waals surface area contributed by atoms with Gasteiger partial charge in [-0.3, -0.25) is 9.78 Å². The first-order valence-electron chi connectivity index (χ1n) is 8.63. The van der Waals surface area contributed by atoms with Gasteiger partial charge in [-0.1, -0.05) is 17.7 Å². The Kier molecular flexibility index (Phi) is 5.71. The summed E-state index contributed by atoms with van der Waals surface area (Å²) >= 11 is 6.48. The van der Waals surface area contributed by atoms with Crippen LogP contribution in [0.25, 0.3) is 0 Å². The zero-order chi connectivity index (χ0) is 17.8. The molecule has 3 rings (SSSR count). The second-order valence-corrected chi connectivity index (χ2v) is 6.88. The molecular weight excluding hydrogens is 336 g/mol. The van der Waals surface area contributed by atoms with E-state index in [1.807, 2.05) is 26.2 Å². The molecule has 1 heterocycles. The van der Waals surface area contributed by atoms with Crippen molar-refractivity contribution in [2.24, 2.45) is 0 Å². The number of carbonyl (C=O) groups is 1. The van der Waals surface area contributed by atoms with E-state index >= 15 is 0 Å². The van der Waals surface area contributed by atoms with Crippen LogP contribution in [0.1, 0.15) is 51.5 Å². The zero-order valence-corrected chi connectivity index (χ0v) is 15.4. The molecule has 1 fully saturated rings. The van der Waals surface area contributed by atoms with Gasteiger partial charge in [0.05, 0.1) is 10.6 Å². The second kappa shape index (κ2) is 7.98. The predicted octanol–water partition coefficient (Wildman–Crippen LogP) is 3.92. The maximum absolute atomic E-state index is 11.5. The standard InChI is InChI=1S/C20H23ClN2O2/c1-13-16(9-14-3-6-18(23-11-14)15-4-5-15)10-17(12-24)20(19(13)21)25-8-7-22-2/h3,6,10-12,15,22H,4-5,7-9H2,1-2H3. The minimum atomic E-state index is 0.461. The van der Waals surface area contributed by atoms with Gasteiger partial charge in [0, 0.05) is 24.4 Å².